The maximum Gasteiger partial charge on any atom is 0.291 e. The summed E-state index contributed by atoms with van der Waals surface area (Å²) in [5.41, 5.74) is 0.559. The number of anilines is 1. The average Bonchev–Trinajstić information content (AvgIpc) is 3.34. The molecule has 4 aromatic rings. The number of carbonyl (C=O) groups is 1. The molecule has 1 N–H and O–H groups in total. The van der Waals surface area contributed by atoms with Gasteiger partial charge in [0, 0.05) is 16.8 Å². The lowest BCUT2D eigenvalue weighted by atomic mass is 10.3. The number of hydrogen-bond acceptors (Lipinski definition) is 6. The molecule has 3 aromatic carbocycles. The van der Waals surface area contributed by atoms with Gasteiger partial charge in [0.05, 0.1) is 17.0 Å². The zero-order valence-corrected chi connectivity index (χ0v) is 21.1. The van der Waals surface area contributed by atoms with Crippen molar-refractivity contribution in [3.8, 4) is 11.5 Å². The van der Waals surface area contributed by atoms with Crippen molar-refractivity contribution in [2.45, 2.75) is 11.5 Å². The first-order valence-corrected chi connectivity index (χ1v) is 12.6. The Balaban J connectivity index is 1.38. The molecule has 0 aliphatic carbocycles. The summed E-state index contributed by atoms with van der Waals surface area (Å²) in [5, 5.41) is 3.52. The lowest BCUT2D eigenvalue weighted by Crippen LogP contribution is -2.11. The maximum absolute atomic E-state index is 12.7. The fraction of sp³-hybridized carbons (Fsp3) is 0.0800. The van der Waals surface area contributed by atoms with E-state index < -0.39 is 15.9 Å². The summed E-state index contributed by atoms with van der Waals surface area (Å²) in [4.78, 5) is 12.5. The topological polar surface area (TPSA) is 109 Å². The number of nitrogens with zero attached hydrogens (tertiary/aromatic N) is 1. The minimum Gasteiger partial charge on any atom is -0.570 e. The van der Waals surface area contributed by atoms with Gasteiger partial charge in [0.25, 0.3) is 5.91 Å². The van der Waals surface area contributed by atoms with Crippen molar-refractivity contribution in [2.75, 3.05) is 12.4 Å². The molecule has 0 bridgehead atoms. The predicted molar refractivity (Wildman–Crippen MR) is 137 cm³/mol. The van der Waals surface area contributed by atoms with E-state index in [0.717, 1.165) is 0 Å². The van der Waals surface area contributed by atoms with Crippen molar-refractivity contribution in [3.63, 3.8) is 0 Å². The quantitative estimate of drug-likeness (QED) is 0.247. The molecule has 1 heterocycles. The molecule has 36 heavy (non-hydrogen) atoms. The molecule has 0 aliphatic rings. The largest absolute Gasteiger partial charge is 0.570 e. The van der Waals surface area contributed by atoms with Crippen molar-refractivity contribution in [2.24, 2.45) is 0 Å². The number of hydrogen-bond donors (Lipinski definition) is 1. The number of furan rings is 1. The predicted octanol–water partition coefficient (Wildman–Crippen LogP) is 6.82. The van der Waals surface area contributed by atoms with E-state index in [9.17, 15) is 13.2 Å². The molecular formula is C25H19Cl2N2O6S-. The SMILES string of the molecule is COc1ccccc1[N-]S(=O)(=O)c1ccc(NC(=O)c2ccc(COc3cc(Cl)ccc3Cl)o2)cc1. The first-order valence-electron chi connectivity index (χ1n) is 10.4. The number of sulfonamides is 1. The second-order valence-electron chi connectivity index (χ2n) is 7.35. The van der Waals surface area contributed by atoms with E-state index in [4.69, 9.17) is 37.1 Å². The Morgan fingerprint density at radius 1 is 0.972 bits per heavy atom. The van der Waals surface area contributed by atoms with E-state index in [-0.39, 0.29) is 22.9 Å². The van der Waals surface area contributed by atoms with Crippen LogP contribution in [0.25, 0.3) is 4.72 Å². The highest BCUT2D eigenvalue weighted by atomic mass is 35.5. The molecule has 0 unspecified atom stereocenters. The number of rotatable bonds is 9. The standard InChI is InChI=1S/C25H19Cl2N2O6S/c1-33-22-5-3-2-4-21(22)29-36(31,32)19-10-7-17(8-11-19)28-25(30)23-13-9-18(35-23)15-34-24-14-16(26)6-12-20(24)27/h2-14H,15H2,1H3,(H,28,30)/q-1. The fourth-order valence-electron chi connectivity index (χ4n) is 3.10. The third-order valence-electron chi connectivity index (χ3n) is 4.86. The molecule has 0 fully saturated rings. The van der Waals surface area contributed by atoms with Crippen molar-refractivity contribution >= 4 is 50.5 Å². The van der Waals surface area contributed by atoms with Gasteiger partial charge in [0.15, 0.2) is 5.76 Å². The van der Waals surface area contributed by atoms with Crippen LogP contribution in [-0.2, 0) is 16.6 Å². The van der Waals surface area contributed by atoms with Crippen molar-refractivity contribution in [1.82, 2.24) is 0 Å². The average molecular weight is 546 g/mol. The Morgan fingerprint density at radius 2 is 1.72 bits per heavy atom. The van der Waals surface area contributed by atoms with Crippen LogP contribution in [0.2, 0.25) is 10.0 Å². The molecule has 8 nitrogen and oxygen atoms in total. The summed E-state index contributed by atoms with van der Waals surface area (Å²) in [6, 6.07) is 20.1. The molecule has 4 rings (SSSR count). The highest BCUT2D eigenvalue weighted by Gasteiger charge is 2.14. The number of amides is 1. The van der Waals surface area contributed by atoms with Crippen LogP contribution in [0.15, 0.2) is 88.2 Å². The number of para-hydroxylation sites is 1. The van der Waals surface area contributed by atoms with Gasteiger partial charge in [-0.2, -0.15) is 0 Å². The number of methoxy groups -OCH3 is 1. The van der Waals surface area contributed by atoms with E-state index >= 15 is 0 Å². The van der Waals surface area contributed by atoms with Crippen LogP contribution in [0.1, 0.15) is 16.3 Å². The molecule has 11 heteroatoms. The fourth-order valence-corrected chi connectivity index (χ4v) is 4.43. The molecular weight excluding hydrogens is 527 g/mol. The molecule has 0 saturated carbocycles. The Morgan fingerprint density at radius 3 is 2.47 bits per heavy atom. The van der Waals surface area contributed by atoms with Gasteiger partial charge in [-0.1, -0.05) is 47.1 Å². The summed E-state index contributed by atoms with van der Waals surface area (Å²) in [7, 11) is -2.56. The molecule has 1 amide bonds. The van der Waals surface area contributed by atoms with Gasteiger partial charge >= 0.3 is 0 Å². The number of halogens is 2. The summed E-state index contributed by atoms with van der Waals surface area (Å²) >= 11 is 12.0. The van der Waals surface area contributed by atoms with Crippen molar-refractivity contribution in [1.29, 1.82) is 0 Å². The van der Waals surface area contributed by atoms with Crippen LogP contribution in [0.5, 0.6) is 11.5 Å². The molecule has 0 radical (unpaired) electrons. The van der Waals surface area contributed by atoms with Gasteiger partial charge < -0.3 is 23.9 Å². The summed E-state index contributed by atoms with van der Waals surface area (Å²) < 4.78 is 45.5. The monoisotopic (exact) mass is 545 g/mol. The molecule has 0 saturated heterocycles. The summed E-state index contributed by atoms with van der Waals surface area (Å²) in [6.45, 7) is 0.0373. The highest BCUT2D eigenvalue weighted by molar-refractivity contribution is 7.94. The first kappa shape index (κ1) is 25.4. The summed E-state index contributed by atoms with van der Waals surface area (Å²) in [5.74, 6) is 0.656. The first-order chi connectivity index (χ1) is 17.2. The molecule has 0 atom stereocenters. The van der Waals surface area contributed by atoms with E-state index in [1.165, 1.54) is 43.5 Å². The lowest BCUT2D eigenvalue weighted by molar-refractivity contribution is 0.0992. The molecule has 186 valence electrons. The minimum absolute atomic E-state index is 0.0373. The third-order valence-corrected chi connectivity index (χ3v) is 6.71. The molecule has 0 aliphatic heterocycles. The maximum atomic E-state index is 12.7. The number of nitrogens with one attached hydrogen (secondary N) is 1. The van der Waals surface area contributed by atoms with Crippen LogP contribution in [-0.4, -0.2) is 21.4 Å². The lowest BCUT2D eigenvalue weighted by Gasteiger charge is -2.24. The van der Waals surface area contributed by atoms with Gasteiger partial charge in [0.2, 0.25) is 0 Å². The van der Waals surface area contributed by atoms with Crippen molar-refractivity contribution in [3.05, 3.63) is 105 Å². The van der Waals surface area contributed by atoms with Gasteiger partial charge in [-0.05, 0) is 54.6 Å². The zero-order valence-electron chi connectivity index (χ0n) is 18.8. The smallest absolute Gasteiger partial charge is 0.291 e. The Labute approximate surface area is 217 Å². The van der Waals surface area contributed by atoms with Crippen LogP contribution in [0.4, 0.5) is 11.4 Å². The zero-order chi connectivity index (χ0) is 25.7. The normalized spacial score (nSPS) is 11.1. The Hall–Kier alpha value is -3.66. The summed E-state index contributed by atoms with van der Waals surface area (Å²) in [6.07, 6.45) is 0. The van der Waals surface area contributed by atoms with Gasteiger partial charge in [-0.15, -0.1) is 0 Å². The molecule has 0 spiro atoms. The van der Waals surface area contributed by atoms with Gasteiger partial charge in [0.1, 0.15) is 33.9 Å². The molecule has 1 aromatic heterocycles. The number of ether oxygens (including phenoxy) is 2. The van der Waals surface area contributed by atoms with E-state index in [1.807, 2.05) is 0 Å². The van der Waals surface area contributed by atoms with Crippen molar-refractivity contribution < 1.29 is 27.1 Å². The van der Waals surface area contributed by atoms with Crippen LogP contribution >= 0.6 is 23.2 Å². The van der Waals surface area contributed by atoms with Crippen LogP contribution in [0.3, 0.4) is 0 Å². The van der Waals surface area contributed by atoms with E-state index in [0.29, 0.717) is 33.0 Å². The van der Waals surface area contributed by atoms with Crippen LogP contribution in [0, 0.1) is 0 Å². The van der Waals surface area contributed by atoms with Gasteiger partial charge in [-0.25, -0.2) is 8.42 Å². The third kappa shape index (κ3) is 6.12. The number of carbonyl (C=O) groups excluding carboxylic acids is 1. The van der Waals surface area contributed by atoms with E-state index in [2.05, 4.69) is 10.0 Å². The Kier molecular flexibility index (Phi) is 7.73. The van der Waals surface area contributed by atoms with Gasteiger partial charge in [-0.3, -0.25) is 4.79 Å². The number of benzene rings is 3. The second-order valence-corrected chi connectivity index (χ2v) is 9.79. The minimum atomic E-state index is -3.99. The van der Waals surface area contributed by atoms with Crippen LogP contribution < -0.4 is 14.8 Å². The van der Waals surface area contributed by atoms with E-state index in [1.54, 1.807) is 42.5 Å². The second kappa shape index (κ2) is 10.9. The highest BCUT2D eigenvalue weighted by Crippen LogP contribution is 2.35. The Bertz CT molecular complexity index is 1490.